The number of sulfone groups is 1. The van der Waals surface area contributed by atoms with Crippen LogP contribution in [0.25, 0.3) is 0 Å². The molecule has 0 saturated carbocycles. The Bertz CT molecular complexity index is 484. The first-order valence-electron chi connectivity index (χ1n) is 4.31. The summed E-state index contributed by atoms with van der Waals surface area (Å²) < 4.78 is 26.9. The van der Waals surface area contributed by atoms with Crippen LogP contribution in [0.4, 0.5) is 4.79 Å². The number of primary amides is 1. The fourth-order valence-electron chi connectivity index (χ4n) is 0.975. The molecule has 6 nitrogen and oxygen atoms in total. The van der Waals surface area contributed by atoms with Gasteiger partial charge in [0.2, 0.25) is 0 Å². The molecule has 1 amide bonds. The van der Waals surface area contributed by atoms with Crippen molar-refractivity contribution in [2.75, 3.05) is 12.9 Å². The molecule has 1 heterocycles. The normalized spacial score (nSPS) is 11.1. The highest BCUT2D eigenvalue weighted by molar-refractivity contribution is 7.90. The average Bonchev–Trinajstić information content (AvgIpc) is 2.16. The number of carbonyl (C=O) groups is 1. The molecule has 0 aromatic carbocycles. The summed E-state index contributed by atoms with van der Waals surface area (Å²) in [5, 5.41) is -0.0275. The Morgan fingerprint density at radius 1 is 1.62 bits per heavy atom. The van der Waals surface area contributed by atoms with Gasteiger partial charge in [-0.3, -0.25) is 0 Å². The van der Waals surface area contributed by atoms with E-state index in [1.54, 1.807) is 6.07 Å². The van der Waals surface area contributed by atoms with Crippen LogP contribution in [0.1, 0.15) is 5.56 Å². The molecule has 0 fully saturated rings. The van der Waals surface area contributed by atoms with Gasteiger partial charge in [0.05, 0.1) is 0 Å². The van der Waals surface area contributed by atoms with Crippen molar-refractivity contribution in [1.29, 1.82) is 0 Å². The van der Waals surface area contributed by atoms with Crippen molar-refractivity contribution in [3.63, 3.8) is 0 Å². The van der Waals surface area contributed by atoms with Crippen LogP contribution in [0.15, 0.2) is 23.4 Å². The van der Waals surface area contributed by atoms with Crippen molar-refractivity contribution in [2.45, 2.75) is 5.03 Å². The number of hydrogen-bond donors (Lipinski definition) is 1. The fourth-order valence-corrected chi connectivity index (χ4v) is 1.58. The van der Waals surface area contributed by atoms with E-state index in [1.165, 1.54) is 18.7 Å². The van der Waals surface area contributed by atoms with E-state index in [0.29, 0.717) is 5.56 Å². The second kappa shape index (κ2) is 4.93. The molecule has 87 valence electrons. The van der Waals surface area contributed by atoms with Gasteiger partial charge in [0.1, 0.15) is 6.61 Å². The van der Waals surface area contributed by atoms with Gasteiger partial charge >= 0.3 is 6.09 Å². The standard InChI is InChI=1S/C9H11N2O4S/c1-16(13,14)8-6-7(2-4-11-8)3-5-15-9(10)12/h2-4,6H,5H2,1H3,(H2,10,12). The third-order valence-corrected chi connectivity index (χ3v) is 2.67. The molecule has 0 spiro atoms. The van der Waals surface area contributed by atoms with E-state index in [2.05, 4.69) is 9.72 Å². The molecule has 0 saturated heterocycles. The van der Waals surface area contributed by atoms with Gasteiger partial charge in [-0.2, -0.15) is 0 Å². The van der Waals surface area contributed by atoms with Gasteiger partial charge in [0.25, 0.3) is 0 Å². The molecule has 0 aliphatic heterocycles. The van der Waals surface area contributed by atoms with E-state index in [-0.39, 0.29) is 11.6 Å². The number of carbonyl (C=O) groups excluding carboxylic acids is 1. The molecule has 0 unspecified atom stereocenters. The lowest BCUT2D eigenvalue weighted by Crippen LogP contribution is -2.14. The Labute approximate surface area is 93.4 Å². The molecular weight excluding hydrogens is 232 g/mol. The molecule has 7 heteroatoms. The largest absolute Gasteiger partial charge is 0.449 e. The first-order chi connectivity index (χ1) is 7.39. The highest BCUT2D eigenvalue weighted by Crippen LogP contribution is 2.09. The maximum Gasteiger partial charge on any atom is 0.404 e. The SMILES string of the molecule is CS(=O)(=O)c1cc([CH]COC(N)=O)ccn1. The third-order valence-electron chi connectivity index (χ3n) is 1.68. The smallest absolute Gasteiger partial charge is 0.404 e. The lowest BCUT2D eigenvalue weighted by molar-refractivity contribution is 0.166. The maximum atomic E-state index is 11.2. The Morgan fingerprint density at radius 2 is 2.31 bits per heavy atom. The minimum absolute atomic E-state index is 0.0114. The average molecular weight is 243 g/mol. The van der Waals surface area contributed by atoms with Gasteiger partial charge in [-0.05, 0) is 17.7 Å². The molecule has 0 atom stereocenters. The van der Waals surface area contributed by atoms with Crippen molar-refractivity contribution >= 4 is 15.9 Å². The molecule has 16 heavy (non-hydrogen) atoms. The predicted molar refractivity (Wildman–Crippen MR) is 56.3 cm³/mol. The van der Waals surface area contributed by atoms with Crippen LogP contribution in [0.5, 0.6) is 0 Å². The minimum Gasteiger partial charge on any atom is -0.449 e. The summed E-state index contributed by atoms with van der Waals surface area (Å²) >= 11 is 0. The first-order valence-corrected chi connectivity index (χ1v) is 6.20. The van der Waals surface area contributed by atoms with Crippen molar-refractivity contribution in [1.82, 2.24) is 4.98 Å². The highest BCUT2D eigenvalue weighted by atomic mass is 32.2. The second-order valence-electron chi connectivity index (χ2n) is 3.03. The number of ether oxygens (including phenoxy) is 1. The third kappa shape index (κ3) is 3.85. The zero-order valence-corrected chi connectivity index (χ0v) is 9.40. The molecular formula is C9H11N2O4S. The Kier molecular flexibility index (Phi) is 3.83. The number of nitrogens with zero attached hydrogens (tertiary/aromatic N) is 1. The number of nitrogens with two attached hydrogens (primary N) is 1. The van der Waals surface area contributed by atoms with E-state index in [0.717, 1.165) is 6.26 Å². The lowest BCUT2D eigenvalue weighted by Gasteiger charge is -2.03. The summed E-state index contributed by atoms with van der Waals surface area (Å²) in [7, 11) is -3.33. The molecule has 1 aromatic heterocycles. The van der Waals surface area contributed by atoms with Crippen LogP contribution >= 0.6 is 0 Å². The second-order valence-corrected chi connectivity index (χ2v) is 5.00. The molecule has 1 rings (SSSR count). The highest BCUT2D eigenvalue weighted by Gasteiger charge is 2.09. The van der Waals surface area contributed by atoms with Crippen LogP contribution in [-0.2, 0) is 14.6 Å². The number of amides is 1. The van der Waals surface area contributed by atoms with Crippen LogP contribution in [0.3, 0.4) is 0 Å². The summed E-state index contributed by atoms with van der Waals surface area (Å²) in [6, 6.07) is 2.98. The van der Waals surface area contributed by atoms with E-state index in [1.807, 2.05) is 0 Å². The van der Waals surface area contributed by atoms with Crippen LogP contribution < -0.4 is 5.73 Å². The Hall–Kier alpha value is -1.63. The van der Waals surface area contributed by atoms with Crippen LogP contribution in [-0.4, -0.2) is 32.4 Å². The topological polar surface area (TPSA) is 99.4 Å². The van der Waals surface area contributed by atoms with Gasteiger partial charge in [0, 0.05) is 18.9 Å². The molecule has 0 aliphatic carbocycles. The summed E-state index contributed by atoms with van der Waals surface area (Å²) in [6.07, 6.45) is 3.08. The summed E-state index contributed by atoms with van der Waals surface area (Å²) in [6.45, 7) is -0.0114. The van der Waals surface area contributed by atoms with Gasteiger partial charge in [0.15, 0.2) is 14.9 Å². The van der Waals surface area contributed by atoms with E-state index in [9.17, 15) is 13.2 Å². The monoisotopic (exact) mass is 243 g/mol. The molecule has 1 radical (unpaired) electrons. The molecule has 0 bridgehead atoms. The molecule has 0 aliphatic rings. The fraction of sp³-hybridized carbons (Fsp3) is 0.222. The summed E-state index contributed by atoms with van der Waals surface area (Å²) in [5.74, 6) is 0. The maximum absolute atomic E-state index is 11.2. The van der Waals surface area contributed by atoms with E-state index >= 15 is 0 Å². The van der Waals surface area contributed by atoms with Crippen LogP contribution in [0, 0.1) is 6.42 Å². The molecule has 1 aromatic rings. The van der Waals surface area contributed by atoms with Gasteiger partial charge in [-0.15, -0.1) is 0 Å². The number of hydrogen-bond acceptors (Lipinski definition) is 5. The Morgan fingerprint density at radius 3 is 2.88 bits per heavy atom. The van der Waals surface area contributed by atoms with Crippen molar-refractivity contribution in [3.8, 4) is 0 Å². The Balaban J connectivity index is 2.72. The number of pyridine rings is 1. The number of rotatable bonds is 4. The lowest BCUT2D eigenvalue weighted by atomic mass is 10.2. The quantitative estimate of drug-likeness (QED) is 0.810. The zero-order valence-electron chi connectivity index (χ0n) is 8.58. The van der Waals surface area contributed by atoms with E-state index < -0.39 is 15.9 Å². The van der Waals surface area contributed by atoms with Crippen LogP contribution in [0.2, 0.25) is 0 Å². The molecule has 2 N–H and O–H groups in total. The van der Waals surface area contributed by atoms with Crippen molar-refractivity contribution in [3.05, 3.63) is 30.3 Å². The minimum atomic E-state index is -3.33. The summed E-state index contributed by atoms with van der Waals surface area (Å²) in [5.41, 5.74) is 5.36. The predicted octanol–water partition coefficient (Wildman–Crippen LogP) is 0.133. The zero-order chi connectivity index (χ0) is 12.2. The van der Waals surface area contributed by atoms with Gasteiger partial charge < -0.3 is 10.5 Å². The van der Waals surface area contributed by atoms with E-state index in [4.69, 9.17) is 5.73 Å². The first kappa shape index (κ1) is 12.4. The summed E-state index contributed by atoms with van der Waals surface area (Å²) in [4.78, 5) is 14.0. The van der Waals surface area contributed by atoms with Crippen molar-refractivity contribution < 1.29 is 17.9 Å². The van der Waals surface area contributed by atoms with Gasteiger partial charge in [-0.25, -0.2) is 18.2 Å². The van der Waals surface area contributed by atoms with Crippen molar-refractivity contribution in [2.24, 2.45) is 5.73 Å². The number of aromatic nitrogens is 1. The van der Waals surface area contributed by atoms with Gasteiger partial charge in [-0.1, -0.05) is 0 Å².